The summed E-state index contributed by atoms with van der Waals surface area (Å²) in [4.78, 5) is 28.3. The minimum atomic E-state index is -0.531. The Bertz CT molecular complexity index is 765. The molecule has 0 spiro atoms. The summed E-state index contributed by atoms with van der Waals surface area (Å²) >= 11 is 0. The molecule has 0 aliphatic heterocycles. The first-order valence-corrected chi connectivity index (χ1v) is 7.14. The van der Waals surface area contributed by atoms with Gasteiger partial charge in [0.25, 0.3) is 5.69 Å². The maximum absolute atomic E-state index is 12.0. The van der Waals surface area contributed by atoms with Crippen LogP contribution in [0.2, 0.25) is 0 Å². The molecule has 0 saturated heterocycles. The van der Waals surface area contributed by atoms with Crippen LogP contribution in [0.5, 0.6) is 0 Å². The first kappa shape index (κ1) is 17.1. The van der Waals surface area contributed by atoms with Crippen LogP contribution in [-0.2, 0) is 4.74 Å². The van der Waals surface area contributed by atoms with Crippen LogP contribution in [0.3, 0.4) is 0 Å². The van der Waals surface area contributed by atoms with E-state index >= 15 is 0 Å². The average molecular weight is 331 g/mol. The number of hydrogen-bond donors (Lipinski definition) is 0. The molecule has 0 aliphatic carbocycles. The summed E-state index contributed by atoms with van der Waals surface area (Å²) < 4.78 is 6.43. The van der Waals surface area contributed by atoms with Gasteiger partial charge in [-0.15, -0.1) is 0 Å². The van der Waals surface area contributed by atoms with Crippen molar-refractivity contribution < 1.29 is 14.5 Å². The van der Waals surface area contributed by atoms with Crippen molar-refractivity contribution in [2.75, 3.05) is 20.7 Å². The van der Waals surface area contributed by atoms with Crippen molar-refractivity contribution in [2.45, 2.75) is 6.92 Å². The Kier molecular flexibility index (Phi) is 5.25. The van der Waals surface area contributed by atoms with Gasteiger partial charge >= 0.3 is 5.97 Å². The number of ether oxygens (including phenoxy) is 1. The summed E-state index contributed by atoms with van der Waals surface area (Å²) in [6, 6.07) is 5.80. The molecule has 9 nitrogen and oxygen atoms in total. The van der Waals surface area contributed by atoms with Crippen LogP contribution in [0.1, 0.15) is 17.3 Å². The van der Waals surface area contributed by atoms with E-state index in [9.17, 15) is 14.9 Å². The van der Waals surface area contributed by atoms with Gasteiger partial charge in [0.15, 0.2) is 5.82 Å². The van der Waals surface area contributed by atoms with E-state index in [1.54, 1.807) is 25.9 Å². The Hall–Kier alpha value is -3.23. The number of carbonyl (C=O) groups excluding carboxylic acids is 1. The molecule has 0 aliphatic rings. The Morgan fingerprint density at radius 3 is 2.62 bits per heavy atom. The molecule has 0 amide bonds. The van der Waals surface area contributed by atoms with Crippen molar-refractivity contribution in [3.63, 3.8) is 0 Å². The molecular formula is C15H17N5O4. The third-order valence-corrected chi connectivity index (χ3v) is 2.96. The Morgan fingerprint density at radius 1 is 1.42 bits per heavy atom. The van der Waals surface area contributed by atoms with Crippen molar-refractivity contribution in [3.05, 3.63) is 46.1 Å². The van der Waals surface area contributed by atoms with Gasteiger partial charge in [-0.1, -0.05) is 0 Å². The average Bonchev–Trinajstić information content (AvgIpc) is 2.97. The fourth-order valence-corrected chi connectivity index (χ4v) is 1.89. The third-order valence-electron chi connectivity index (χ3n) is 2.96. The van der Waals surface area contributed by atoms with Crippen LogP contribution < -0.4 is 0 Å². The number of nitrogens with zero attached hydrogens (tertiary/aromatic N) is 5. The van der Waals surface area contributed by atoms with Gasteiger partial charge in [0.1, 0.15) is 5.56 Å². The molecule has 0 saturated carbocycles. The number of benzene rings is 1. The number of rotatable bonds is 6. The van der Waals surface area contributed by atoms with Gasteiger partial charge in [-0.05, 0) is 19.1 Å². The van der Waals surface area contributed by atoms with E-state index in [4.69, 9.17) is 4.74 Å². The molecular weight excluding hydrogens is 314 g/mol. The van der Waals surface area contributed by atoms with Crippen molar-refractivity contribution in [2.24, 2.45) is 4.99 Å². The van der Waals surface area contributed by atoms with E-state index in [2.05, 4.69) is 10.1 Å². The summed E-state index contributed by atoms with van der Waals surface area (Å²) in [5.41, 5.74) is 0.727. The molecule has 0 fully saturated rings. The molecule has 9 heteroatoms. The fraction of sp³-hybridized carbons (Fsp3) is 0.267. The lowest BCUT2D eigenvalue weighted by Crippen LogP contribution is -2.09. The van der Waals surface area contributed by atoms with E-state index in [0.29, 0.717) is 5.69 Å². The topological polar surface area (TPSA) is 103 Å². The number of aromatic nitrogens is 2. The highest BCUT2D eigenvalue weighted by atomic mass is 16.6. The van der Waals surface area contributed by atoms with Crippen LogP contribution in [0, 0.1) is 10.1 Å². The van der Waals surface area contributed by atoms with Gasteiger partial charge in [-0.2, -0.15) is 5.10 Å². The number of carbonyl (C=O) groups is 1. The molecule has 24 heavy (non-hydrogen) atoms. The number of nitro groups is 1. The van der Waals surface area contributed by atoms with Crippen LogP contribution in [0.4, 0.5) is 11.5 Å². The largest absolute Gasteiger partial charge is 0.462 e. The minimum absolute atomic E-state index is 0.0325. The summed E-state index contributed by atoms with van der Waals surface area (Å²) in [5.74, 6) is -0.243. The molecule has 2 aromatic rings. The molecule has 0 unspecified atom stereocenters. The smallest absolute Gasteiger partial charge is 0.343 e. The highest BCUT2D eigenvalue weighted by Crippen LogP contribution is 2.25. The van der Waals surface area contributed by atoms with E-state index in [1.165, 1.54) is 41.5 Å². The molecule has 2 rings (SSSR count). The standard InChI is InChI=1S/C15H17N5O4/c1-4-24-15(21)13-9-17-19(14(13)16-10-18(2)3)11-5-7-12(8-6-11)20(22)23/h5-10H,4H2,1-3H3. The van der Waals surface area contributed by atoms with Gasteiger partial charge in [0.2, 0.25) is 0 Å². The highest BCUT2D eigenvalue weighted by Gasteiger charge is 2.19. The van der Waals surface area contributed by atoms with Gasteiger partial charge in [0, 0.05) is 26.2 Å². The van der Waals surface area contributed by atoms with Crippen LogP contribution in [0.25, 0.3) is 5.69 Å². The van der Waals surface area contributed by atoms with E-state index in [0.717, 1.165) is 0 Å². The first-order valence-electron chi connectivity index (χ1n) is 7.14. The second-order valence-corrected chi connectivity index (χ2v) is 5.00. The fourth-order valence-electron chi connectivity index (χ4n) is 1.89. The first-order chi connectivity index (χ1) is 11.4. The van der Waals surface area contributed by atoms with Crippen LogP contribution >= 0.6 is 0 Å². The zero-order chi connectivity index (χ0) is 17.7. The summed E-state index contributed by atoms with van der Waals surface area (Å²) in [6.07, 6.45) is 2.89. The maximum Gasteiger partial charge on any atom is 0.343 e. The zero-order valence-electron chi connectivity index (χ0n) is 13.5. The van der Waals surface area contributed by atoms with Gasteiger partial charge in [-0.3, -0.25) is 10.1 Å². The predicted octanol–water partition coefficient (Wildman–Crippen LogP) is 2.18. The van der Waals surface area contributed by atoms with E-state index in [-0.39, 0.29) is 23.7 Å². The Balaban J connectivity index is 2.48. The second kappa shape index (κ2) is 7.36. The summed E-state index contributed by atoms with van der Waals surface area (Å²) in [6.45, 7) is 1.94. The minimum Gasteiger partial charge on any atom is -0.462 e. The molecule has 0 N–H and O–H groups in total. The SMILES string of the molecule is CCOC(=O)c1cnn(-c2ccc([N+](=O)[O-])cc2)c1N=CN(C)C. The van der Waals surface area contributed by atoms with Crippen molar-refractivity contribution >= 4 is 23.8 Å². The monoisotopic (exact) mass is 331 g/mol. The molecule has 1 aromatic heterocycles. The quantitative estimate of drug-likeness (QED) is 0.264. The van der Waals surface area contributed by atoms with Crippen molar-refractivity contribution in [3.8, 4) is 5.69 Å². The van der Waals surface area contributed by atoms with Crippen molar-refractivity contribution in [1.82, 2.24) is 14.7 Å². The number of nitro benzene ring substituents is 1. The Labute approximate surface area is 138 Å². The van der Waals surface area contributed by atoms with Gasteiger partial charge in [0.05, 0.1) is 29.8 Å². The molecule has 0 radical (unpaired) electrons. The van der Waals surface area contributed by atoms with Crippen molar-refractivity contribution in [1.29, 1.82) is 0 Å². The van der Waals surface area contributed by atoms with Crippen LogP contribution in [0.15, 0.2) is 35.5 Å². The van der Waals surface area contributed by atoms with Gasteiger partial charge < -0.3 is 9.64 Å². The number of aliphatic imine (C=N–C) groups is 1. The number of esters is 1. The lowest BCUT2D eigenvalue weighted by molar-refractivity contribution is -0.384. The Morgan fingerprint density at radius 2 is 2.08 bits per heavy atom. The second-order valence-electron chi connectivity index (χ2n) is 5.00. The lowest BCUT2D eigenvalue weighted by atomic mass is 10.3. The highest BCUT2D eigenvalue weighted by molar-refractivity contribution is 5.94. The molecule has 0 atom stereocenters. The summed E-state index contributed by atoms with van der Waals surface area (Å²) in [5, 5.41) is 14.9. The molecule has 126 valence electrons. The number of non-ortho nitro benzene ring substituents is 1. The molecule has 1 aromatic carbocycles. The maximum atomic E-state index is 12.0. The molecule has 1 heterocycles. The summed E-state index contributed by atoms with van der Waals surface area (Å²) in [7, 11) is 3.58. The van der Waals surface area contributed by atoms with Gasteiger partial charge in [-0.25, -0.2) is 14.5 Å². The van der Waals surface area contributed by atoms with Crippen LogP contribution in [-0.4, -0.2) is 52.6 Å². The van der Waals surface area contributed by atoms with E-state index < -0.39 is 10.9 Å². The third kappa shape index (κ3) is 3.75. The van der Waals surface area contributed by atoms with E-state index in [1.807, 2.05) is 0 Å². The predicted molar refractivity (Wildman–Crippen MR) is 88.0 cm³/mol. The number of hydrogen-bond acceptors (Lipinski definition) is 6. The molecule has 0 bridgehead atoms. The lowest BCUT2D eigenvalue weighted by Gasteiger charge is -2.07. The normalized spacial score (nSPS) is 10.8. The zero-order valence-corrected chi connectivity index (χ0v) is 13.5.